The molecule has 98 valence electrons. The van der Waals surface area contributed by atoms with Gasteiger partial charge in [-0.15, -0.1) is 0 Å². The number of fused-ring (bicyclic) bond motifs is 1. The van der Waals surface area contributed by atoms with Crippen molar-refractivity contribution < 1.29 is 9.84 Å². The van der Waals surface area contributed by atoms with E-state index in [9.17, 15) is 5.11 Å². The van der Waals surface area contributed by atoms with Crippen LogP contribution in [0.4, 0.5) is 5.69 Å². The Morgan fingerprint density at radius 2 is 2.00 bits per heavy atom. The molecule has 1 aliphatic rings. The van der Waals surface area contributed by atoms with Gasteiger partial charge < -0.3 is 15.2 Å². The van der Waals surface area contributed by atoms with Crippen molar-refractivity contribution in [3.8, 4) is 5.75 Å². The minimum absolute atomic E-state index is 0.111. The van der Waals surface area contributed by atoms with Gasteiger partial charge in [0, 0.05) is 17.7 Å². The molecular weight excluding hydrogens is 238 g/mol. The van der Waals surface area contributed by atoms with E-state index in [0.29, 0.717) is 6.42 Å². The van der Waals surface area contributed by atoms with Crippen LogP contribution in [-0.4, -0.2) is 12.2 Å². The topological polar surface area (TPSA) is 41.5 Å². The predicted molar refractivity (Wildman–Crippen MR) is 75.4 cm³/mol. The molecular formula is C16H17NO2. The Morgan fingerprint density at radius 3 is 2.84 bits per heavy atom. The maximum absolute atomic E-state index is 10.2. The number of ether oxygens (including phenoxy) is 1. The number of hydrogen-bond acceptors (Lipinski definition) is 3. The fourth-order valence-electron chi connectivity index (χ4n) is 2.59. The molecule has 2 aromatic rings. The number of aliphatic hydroxyl groups is 1. The number of para-hydroxylation sites is 1. The second-order valence-electron chi connectivity index (χ2n) is 4.81. The van der Waals surface area contributed by atoms with Crippen LogP contribution in [0.3, 0.4) is 0 Å². The van der Waals surface area contributed by atoms with Crippen LogP contribution in [0.25, 0.3) is 0 Å². The molecule has 0 saturated carbocycles. The second-order valence-corrected chi connectivity index (χ2v) is 4.81. The van der Waals surface area contributed by atoms with Crippen molar-refractivity contribution in [2.24, 2.45) is 0 Å². The summed E-state index contributed by atoms with van der Waals surface area (Å²) in [4.78, 5) is 0. The Balaban J connectivity index is 1.92. The van der Waals surface area contributed by atoms with Gasteiger partial charge >= 0.3 is 0 Å². The van der Waals surface area contributed by atoms with E-state index in [1.165, 1.54) is 0 Å². The zero-order chi connectivity index (χ0) is 13.2. The molecule has 1 aliphatic heterocycles. The maximum atomic E-state index is 10.2. The lowest BCUT2D eigenvalue weighted by molar-refractivity contribution is 0.156. The van der Waals surface area contributed by atoms with E-state index in [-0.39, 0.29) is 6.04 Å². The normalized spacial score (nSPS) is 21.4. The Kier molecular flexibility index (Phi) is 3.13. The number of rotatable bonds is 2. The molecule has 2 N–H and O–H groups in total. The summed E-state index contributed by atoms with van der Waals surface area (Å²) < 4.78 is 5.25. The first-order valence-electron chi connectivity index (χ1n) is 6.45. The third-order valence-corrected chi connectivity index (χ3v) is 3.60. The van der Waals surface area contributed by atoms with Gasteiger partial charge in [0.15, 0.2) is 0 Å². The molecule has 0 radical (unpaired) electrons. The lowest BCUT2D eigenvalue weighted by Gasteiger charge is -2.31. The summed E-state index contributed by atoms with van der Waals surface area (Å²) in [5.41, 5.74) is 3.11. The zero-order valence-corrected chi connectivity index (χ0v) is 10.8. The number of aliphatic hydroxyl groups excluding tert-OH is 1. The molecule has 19 heavy (non-hydrogen) atoms. The van der Waals surface area contributed by atoms with Gasteiger partial charge in [-0.25, -0.2) is 0 Å². The fraction of sp³-hybridized carbons (Fsp3) is 0.250. The molecule has 2 aromatic carbocycles. The summed E-state index contributed by atoms with van der Waals surface area (Å²) in [6.07, 6.45) is 0.248. The Hall–Kier alpha value is -2.00. The highest BCUT2D eigenvalue weighted by molar-refractivity contribution is 5.56. The summed E-state index contributed by atoms with van der Waals surface area (Å²) in [6, 6.07) is 16.0. The number of hydrogen-bond donors (Lipinski definition) is 2. The highest BCUT2D eigenvalue weighted by Crippen LogP contribution is 2.39. The molecule has 1 heterocycles. The summed E-state index contributed by atoms with van der Waals surface area (Å²) >= 11 is 0. The average molecular weight is 255 g/mol. The highest BCUT2D eigenvalue weighted by atomic mass is 16.5. The van der Waals surface area contributed by atoms with Gasteiger partial charge in [0.1, 0.15) is 5.75 Å². The third kappa shape index (κ3) is 2.29. The Labute approximate surface area is 112 Å². The van der Waals surface area contributed by atoms with Crippen molar-refractivity contribution in [1.82, 2.24) is 0 Å². The third-order valence-electron chi connectivity index (χ3n) is 3.60. The van der Waals surface area contributed by atoms with Crippen LogP contribution in [0.1, 0.15) is 29.7 Å². The van der Waals surface area contributed by atoms with Crippen LogP contribution in [-0.2, 0) is 0 Å². The SMILES string of the molecule is COc1cccc([C@H]2C[C@H](O)c3ccccc3N2)c1. The van der Waals surface area contributed by atoms with E-state index in [1.807, 2.05) is 42.5 Å². The van der Waals surface area contributed by atoms with Crippen LogP contribution in [0, 0.1) is 0 Å². The predicted octanol–water partition coefficient (Wildman–Crippen LogP) is 3.29. The summed E-state index contributed by atoms with van der Waals surface area (Å²) in [7, 11) is 1.66. The largest absolute Gasteiger partial charge is 0.497 e. The molecule has 0 aliphatic carbocycles. The van der Waals surface area contributed by atoms with Gasteiger partial charge in [-0.05, 0) is 23.8 Å². The van der Waals surface area contributed by atoms with E-state index in [0.717, 1.165) is 22.6 Å². The number of anilines is 1. The van der Waals surface area contributed by atoms with Gasteiger partial charge in [-0.1, -0.05) is 30.3 Å². The van der Waals surface area contributed by atoms with Crippen molar-refractivity contribution in [1.29, 1.82) is 0 Å². The standard InChI is InChI=1S/C16H17NO2/c1-19-12-6-4-5-11(9-12)15-10-16(18)13-7-2-3-8-14(13)17-15/h2-9,15-18H,10H2,1H3/t15-,16+/m1/s1. The van der Waals surface area contributed by atoms with Crippen LogP contribution in [0.15, 0.2) is 48.5 Å². The first-order chi connectivity index (χ1) is 9.28. The van der Waals surface area contributed by atoms with Crippen LogP contribution < -0.4 is 10.1 Å². The molecule has 3 heteroatoms. The monoisotopic (exact) mass is 255 g/mol. The minimum Gasteiger partial charge on any atom is -0.497 e. The summed E-state index contributed by atoms with van der Waals surface area (Å²) in [5.74, 6) is 0.840. The zero-order valence-electron chi connectivity index (χ0n) is 10.8. The number of methoxy groups -OCH3 is 1. The smallest absolute Gasteiger partial charge is 0.119 e. The lowest BCUT2D eigenvalue weighted by atomic mass is 9.91. The summed E-state index contributed by atoms with van der Waals surface area (Å²) in [6.45, 7) is 0. The van der Waals surface area contributed by atoms with E-state index < -0.39 is 6.10 Å². The average Bonchev–Trinajstić information content (AvgIpc) is 2.47. The van der Waals surface area contributed by atoms with Crippen molar-refractivity contribution >= 4 is 5.69 Å². The molecule has 0 spiro atoms. The minimum atomic E-state index is -0.423. The van der Waals surface area contributed by atoms with Crippen molar-refractivity contribution in [2.75, 3.05) is 12.4 Å². The number of nitrogens with one attached hydrogen (secondary N) is 1. The van der Waals surface area contributed by atoms with Gasteiger partial charge in [0.25, 0.3) is 0 Å². The Bertz CT molecular complexity index is 582. The van der Waals surface area contributed by atoms with Crippen LogP contribution >= 0.6 is 0 Å². The van der Waals surface area contributed by atoms with Crippen molar-refractivity contribution in [3.05, 3.63) is 59.7 Å². The highest BCUT2D eigenvalue weighted by Gasteiger charge is 2.25. The first-order valence-corrected chi connectivity index (χ1v) is 6.45. The van der Waals surface area contributed by atoms with Gasteiger partial charge in [-0.3, -0.25) is 0 Å². The maximum Gasteiger partial charge on any atom is 0.119 e. The molecule has 0 bridgehead atoms. The second kappa shape index (κ2) is 4.94. The fourth-order valence-corrected chi connectivity index (χ4v) is 2.59. The van der Waals surface area contributed by atoms with E-state index in [4.69, 9.17) is 4.74 Å². The van der Waals surface area contributed by atoms with E-state index >= 15 is 0 Å². The molecule has 2 atom stereocenters. The van der Waals surface area contributed by atoms with Gasteiger partial charge in [0.2, 0.25) is 0 Å². The molecule has 0 unspecified atom stereocenters. The molecule has 3 nitrogen and oxygen atoms in total. The van der Waals surface area contributed by atoms with Crippen molar-refractivity contribution in [2.45, 2.75) is 18.6 Å². The number of benzene rings is 2. The molecule has 0 fully saturated rings. The molecule has 0 saturated heterocycles. The van der Waals surface area contributed by atoms with Crippen LogP contribution in [0.5, 0.6) is 5.75 Å². The van der Waals surface area contributed by atoms with Gasteiger partial charge in [0.05, 0.1) is 19.3 Å². The quantitative estimate of drug-likeness (QED) is 0.865. The van der Waals surface area contributed by atoms with Crippen LogP contribution in [0.2, 0.25) is 0 Å². The van der Waals surface area contributed by atoms with Crippen molar-refractivity contribution in [3.63, 3.8) is 0 Å². The summed E-state index contributed by atoms with van der Waals surface area (Å²) in [5, 5.41) is 13.7. The molecule has 0 aromatic heterocycles. The van der Waals surface area contributed by atoms with E-state index in [2.05, 4.69) is 11.4 Å². The first kappa shape index (κ1) is 12.1. The lowest BCUT2D eigenvalue weighted by Crippen LogP contribution is -2.21. The Morgan fingerprint density at radius 1 is 1.16 bits per heavy atom. The molecule has 3 rings (SSSR count). The van der Waals surface area contributed by atoms with Gasteiger partial charge in [-0.2, -0.15) is 0 Å². The molecule has 0 amide bonds. The van der Waals surface area contributed by atoms with E-state index in [1.54, 1.807) is 7.11 Å².